The van der Waals surface area contributed by atoms with Crippen LogP contribution in [-0.2, 0) is 10.8 Å². The number of nitrogens with zero attached hydrogens (tertiary/aromatic N) is 1. The van der Waals surface area contributed by atoms with Gasteiger partial charge in [-0.25, -0.2) is 0 Å². The first-order chi connectivity index (χ1) is 8.08. The van der Waals surface area contributed by atoms with Gasteiger partial charge in [-0.05, 0) is 41.1 Å². The predicted molar refractivity (Wildman–Crippen MR) is 74.2 cm³/mol. The average molecular weight is 316 g/mol. The minimum atomic E-state index is -0.664. The maximum Gasteiger partial charge on any atom is 0.159 e. The van der Waals surface area contributed by atoms with Crippen LogP contribution in [0.15, 0.2) is 22.7 Å². The molecule has 2 rings (SSSR count). The molecule has 0 atom stereocenters. The Balaban J connectivity index is 2.21. The van der Waals surface area contributed by atoms with Crippen molar-refractivity contribution < 1.29 is 9.00 Å². The summed E-state index contributed by atoms with van der Waals surface area (Å²) in [6, 6.07) is 5.65. The van der Waals surface area contributed by atoms with E-state index in [9.17, 15) is 9.00 Å². The predicted octanol–water partition coefficient (Wildman–Crippen LogP) is 2.22. The molecule has 3 nitrogen and oxygen atoms in total. The van der Waals surface area contributed by atoms with Crippen molar-refractivity contribution in [2.24, 2.45) is 0 Å². The molecule has 1 aliphatic heterocycles. The molecule has 1 heterocycles. The highest BCUT2D eigenvalue weighted by atomic mass is 79.9. The van der Waals surface area contributed by atoms with Gasteiger partial charge in [0.1, 0.15) is 0 Å². The zero-order valence-corrected chi connectivity index (χ0v) is 12.0. The van der Waals surface area contributed by atoms with Gasteiger partial charge in [-0.3, -0.25) is 9.00 Å². The molecule has 17 heavy (non-hydrogen) atoms. The summed E-state index contributed by atoms with van der Waals surface area (Å²) in [7, 11) is -0.664. The van der Waals surface area contributed by atoms with E-state index in [0.717, 1.165) is 34.8 Å². The summed E-state index contributed by atoms with van der Waals surface area (Å²) in [6.45, 7) is 3.18. The Morgan fingerprint density at radius 1 is 1.35 bits per heavy atom. The zero-order valence-electron chi connectivity index (χ0n) is 9.61. The first-order valence-corrected chi connectivity index (χ1v) is 7.76. The summed E-state index contributed by atoms with van der Waals surface area (Å²) in [5.41, 5.74) is 1.79. The fraction of sp³-hybridized carbons (Fsp3) is 0.417. The third-order valence-electron chi connectivity index (χ3n) is 2.87. The van der Waals surface area contributed by atoms with Crippen molar-refractivity contribution in [2.45, 2.75) is 6.92 Å². The highest BCUT2D eigenvalue weighted by Gasteiger charge is 2.17. The van der Waals surface area contributed by atoms with Crippen LogP contribution in [0.2, 0.25) is 0 Å². The summed E-state index contributed by atoms with van der Waals surface area (Å²) >= 11 is 3.50. The fourth-order valence-electron chi connectivity index (χ4n) is 1.86. The van der Waals surface area contributed by atoms with E-state index in [2.05, 4.69) is 20.8 Å². The molecule has 1 aromatic carbocycles. The Kier molecular flexibility index (Phi) is 3.99. The molecule has 0 aromatic heterocycles. The van der Waals surface area contributed by atoms with Gasteiger partial charge in [0.25, 0.3) is 0 Å². The van der Waals surface area contributed by atoms with Crippen molar-refractivity contribution in [3.63, 3.8) is 0 Å². The average Bonchev–Trinajstić information content (AvgIpc) is 2.30. The van der Waals surface area contributed by atoms with Crippen LogP contribution >= 0.6 is 15.9 Å². The minimum absolute atomic E-state index is 0.0667. The Bertz CT molecular complexity index is 466. The Hall–Kier alpha value is -0.680. The Morgan fingerprint density at radius 3 is 2.53 bits per heavy atom. The number of ketones is 1. The second-order valence-electron chi connectivity index (χ2n) is 4.06. The van der Waals surface area contributed by atoms with Crippen molar-refractivity contribution in [1.29, 1.82) is 0 Å². The topological polar surface area (TPSA) is 37.4 Å². The van der Waals surface area contributed by atoms with Gasteiger partial charge < -0.3 is 4.90 Å². The van der Waals surface area contributed by atoms with Crippen molar-refractivity contribution in [2.75, 3.05) is 29.5 Å². The monoisotopic (exact) mass is 315 g/mol. The molecule has 0 unspecified atom stereocenters. The molecule has 0 aliphatic carbocycles. The number of halogens is 1. The van der Waals surface area contributed by atoms with Gasteiger partial charge in [0, 0.05) is 45.4 Å². The number of carbonyl (C=O) groups excluding carboxylic acids is 1. The normalized spacial score (nSPS) is 17.2. The lowest BCUT2D eigenvalue weighted by Crippen LogP contribution is -2.37. The molecule has 0 bridgehead atoms. The summed E-state index contributed by atoms with van der Waals surface area (Å²) in [4.78, 5) is 13.5. The van der Waals surface area contributed by atoms with Gasteiger partial charge >= 0.3 is 0 Å². The highest BCUT2D eigenvalue weighted by Crippen LogP contribution is 2.28. The van der Waals surface area contributed by atoms with Crippen LogP contribution < -0.4 is 4.90 Å². The van der Waals surface area contributed by atoms with Crippen molar-refractivity contribution in [1.82, 2.24) is 0 Å². The molecule has 1 aromatic rings. The maximum absolute atomic E-state index is 11.3. The number of hydrogen-bond acceptors (Lipinski definition) is 3. The van der Waals surface area contributed by atoms with Crippen molar-refractivity contribution in [3.05, 3.63) is 28.2 Å². The van der Waals surface area contributed by atoms with E-state index in [1.54, 1.807) is 6.92 Å². The van der Waals surface area contributed by atoms with Crippen LogP contribution in [0.5, 0.6) is 0 Å². The van der Waals surface area contributed by atoms with Crippen LogP contribution in [-0.4, -0.2) is 34.6 Å². The first-order valence-electron chi connectivity index (χ1n) is 5.48. The van der Waals surface area contributed by atoms with E-state index >= 15 is 0 Å². The molecule has 92 valence electrons. The van der Waals surface area contributed by atoms with E-state index in [-0.39, 0.29) is 5.78 Å². The van der Waals surface area contributed by atoms with E-state index in [1.165, 1.54) is 0 Å². The number of benzene rings is 1. The standard InChI is InChI=1S/C12H14BrNO2S/c1-9(15)10-2-3-12(11(13)8-10)14-4-6-17(16)7-5-14/h2-3,8H,4-7H2,1H3. The van der Waals surface area contributed by atoms with E-state index < -0.39 is 10.8 Å². The lowest BCUT2D eigenvalue weighted by molar-refractivity contribution is 0.101. The fourth-order valence-corrected chi connectivity index (χ4v) is 3.54. The minimum Gasteiger partial charge on any atom is -0.369 e. The molecule has 0 amide bonds. The molecule has 0 saturated carbocycles. The molecule has 1 fully saturated rings. The van der Waals surface area contributed by atoms with Crippen LogP contribution in [0, 0.1) is 0 Å². The largest absolute Gasteiger partial charge is 0.369 e. The van der Waals surface area contributed by atoms with Gasteiger partial charge in [-0.1, -0.05) is 0 Å². The summed E-state index contributed by atoms with van der Waals surface area (Å²) in [6.07, 6.45) is 0. The number of rotatable bonds is 2. The van der Waals surface area contributed by atoms with Gasteiger partial charge in [0.15, 0.2) is 5.78 Å². The lowest BCUT2D eigenvalue weighted by atomic mass is 10.1. The quantitative estimate of drug-likeness (QED) is 0.785. The number of Topliss-reactive ketones (excluding diaryl/α,β-unsaturated/α-hetero) is 1. The van der Waals surface area contributed by atoms with Crippen molar-refractivity contribution in [3.8, 4) is 0 Å². The van der Waals surface area contributed by atoms with Crippen LogP contribution in [0.1, 0.15) is 17.3 Å². The Morgan fingerprint density at radius 2 is 2.00 bits per heavy atom. The summed E-state index contributed by atoms with van der Waals surface area (Å²) < 4.78 is 12.2. The first kappa shape index (κ1) is 12.8. The lowest BCUT2D eigenvalue weighted by Gasteiger charge is -2.29. The van der Waals surface area contributed by atoms with Gasteiger partial charge in [0.2, 0.25) is 0 Å². The van der Waals surface area contributed by atoms with E-state index in [4.69, 9.17) is 0 Å². The molecule has 0 N–H and O–H groups in total. The maximum atomic E-state index is 11.3. The second-order valence-corrected chi connectivity index (χ2v) is 6.61. The van der Waals surface area contributed by atoms with Gasteiger partial charge in [0.05, 0.1) is 5.69 Å². The zero-order chi connectivity index (χ0) is 12.4. The van der Waals surface area contributed by atoms with Crippen LogP contribution in [0.3, 0.4) is 0 Å². The SMILES string of the molecule is CC(=O)c1ccc(N2CCS(=O)CC2)c(Br)c1. The van der Waals surface area contributed by atoms with Crippen LogP contribution in [0.4, 0.5) is 5.69 Å². The molecular formula is C12H14BrNO2S. The summed E-state index contributed by atoms with van der Waals surface area (Å²) in [5.74, 6) is 1.51. The van der Waals surface area contributed by atoms with Gasteiger partial charge in [-0.15, -0.1) is 0 Å². The molecule has 5 heteroatoms. The molecule has 0 radical (unpaired) electrons. The smallest absolute Gasteiger partial charge is 0.159 e. The van der Waals surface area contributed by atoms with Crippen molar-refractivity contribution >= 4 is 38.2 Å². The second kappa shape index (κ2) is 5.31. The van der Waals surface area contributed by atoms with Gasteiger partial charge in [-0.2, -0.15) is 0 Å². The van der Waals surface area contributed by atoms with E-state index in [0.29, 0.717) is 5.56 Å². The number of anilines is 1. The molecule has 1 saturated heterocycles. The third-order valence-corrected chi connectivity index (χ3v) is 4.78. The molecular weight excluding hydrogens is 302 g/mol. The molecule has 0 spiro atoms. The van der Waals surface area contributed by atoms with Crippen LogP contribution in [0.25, 0.3) is 0 Å². The van der Waals surface area contributed by atoms with E-state index in [1.807, 2.05) is 18.2 Å². The Labute approximate surface area is 112 Å². The third kappa shape index (κ3) is 2.96. The molecule has 1 aliphatic rings. The highest BCUT2D eigenvalue weighted by molar-refractivity contribution is 9.10. The summed E-state index contributed by atoms with van der Waals surface area (Å²) in [5, 5.41) is 0. The number of carbonyl (C=O) groups is 1. The number of hydrogen-bond donors (Lipinski definition) is 0.